The highest BCUT2D eigenvalue weighted by Crippen LogP contribution is 2.15. The molecule has 0 bridgehead atoms. The maximum atomic E-state index is 13.2. The van der Waals surface area contributed by atoms with Crippen LogP contribution in [0, 0.1) is 23.5 Å². The summed E-state index contributed by atoms with van der Waals surface area (Å²) < 4.78 is 26.3. The topological polar surface area (TPSA) is 55.1 Å². The van der Waals surface area contributed by atoms with Gasteiger partial charge in [0.05, 0.1) is 12.1 Å². The first-order valence-corrected chi connectivity index (χ1v) is 6.15. The molecule has 3 N–H and O–H groups in total. The Morgan fingerprint density at radius 3 is 2.62 bits per heavy atom. The van der Waals surface area contributed by atoms with E-state index >= 15 is 0 Å². The van der Waals surface area contributed by atoms with E-state index in [1.54, 1.807) is 6.07 Å². The van der Waals surface area contributed by atoms with Crippen LogP contribution < -0.4 is 11.1 Å². The molecule has 0 fully saturated rings. The maximum absolute atomic E-state index is 13.2. The highest BCUT2D eigenvalue weighted by molar-refractivity contribution is 6.06. The van der Waals surface area contributed by atoms with Crippen molar-refractivity contribution in [1.29, 1.82) is 0 Å². The van der Waals surface area contributed by atoms with Crippen molar-refractivity contribution in [3.63, 3.8) is 0 Å². The van der Waals surface area contributed by atoms with Crippen molar-refractivity contribution in [2.24, 2.45) is 5.73 Å². The van der Waals surface area contributed by atoms with Gasteiger partial charge in [0.1, 0.15) is 11.6 Å². The van der Waals surface area contributed by atoms with Crippen LogP contribution in [-0.4, -0.2) is 12.5 Å². The lowest BCUT2D eigenvalue weighted by Crippen LogP contribution is -2.14. The second-order valence-electron chi connectivity index (χ2n) is 4.16. The number of rotatable bonds is 2. The van der Waals surface area contributed by atoms with Crippen LogP contribution in [0.1, 0.15) is 15.9 Å². The van der Waals surface area contributed by atoms with Crippen LogP contribution in [0.3, 0.4) is 0 Å². The molecule has 0 radical (unpaired) electrons. The SMILES string of the molecule is NCC#Cc1cc(F)ccc1C(=O)Nc1cccc(F)c1. The van der Waals surface area contributed by atoms with Gasteiger partial charge in [0.15, 0.2) is 0 Å². The molecule has 3 nitrogen and oxygen atoms in total. The largest absolute Gasteiger partial charge is 0.322 e. The fourth-order valence-electron chi connectivity index (χ4n) is 1.73. The summed E-state index contributed by atoms with van der Waals surface area (Å²) in [5.41, 5.74) is 6.01. The van der Waals surface area contributed by atoms with Crippen LogP contribution in [0.4, 0.5) is 14.5 Å². The van der Waals surface area contributed by atoms with Crippen LogP contribution in [0.5, 0.6) is 0 Å². The van der Waals surface area contributed by atoms with Crippen LogP contribution in [0.2, 0.25) is 0 Å². The molecule has 0 aliphatic carbocycles. The number of hydrogen-bond acceptors (Lipinski definition) is 2. The molecule has 106 valence electrons. The predicted molar refractivity (Wildman–Crippen MR) is 76.7 cm³/mol. The quantitative estimate of drug-likeness (QED) is 0.834. The first kappa shape index (κ1) is 14.7. The smallest absolute Gasteiger partial charge is 0.256 e. The van der Waals surface area contributed by atoms with E-state index in [1.165, 1.54) is 24.3 Å². The van der Waals surface area contributed by atoms with E-state index in [-0.39, 0.29) is 17.7 Å². The molecule has 0 aliphatic rings. The van der Waals surface area contributed by atoms with Gasteiger partial charge in [0.2, 0.25) is 0 Å². The molecule has 1 amide bonds. The second-order valence-corrected chi connectivity index (χ2v) is 4.16. The van der Waals surface area contributed by atoms with Gasteiger partial charge in [-0.25, -0.2) is 8.78 Å². The highest BCUT2D eigenvalue weighted by atomic mass is 19.1. The third-order valence-electron chi connectivity index (χ3n) is 2.63. The summed E-state index contributed by atoms with van der Waals surface area (Å²) in [5.74, 6) is 3.75. The lowest BCUT2D eigenvalue weighted by Gasteiger charge is -2.07. The molecule has 5 heteroatoms. The molecule has 0 saturated carbocycles. The van der Waals surface area contributed by atoms with E-state index in [4.69, 9.17) is 5.73 Å². The Morgan fingerprint density at radius 1 is 1.14 bits per heavy atom. The molecule has 0 heterocycles. The summed E-state index contributed by atoms with van der Waals surface area (Å²) in [5, 5.41) is 2.53. The average molecular weight is 286 g/mol. The molecule has 0 unspecified atom stereocenters. The number of hydrogen-bond donors (Lipinski definition) is 2. The van der Waals surface area contributed by atoms with Crippen LogP contribution in [0.25, 0.3) is 0 Å². The van der Waals surface area contributed by atoms with Crippen molar-refractivity contribution in [1.82, 2.24) is 0 Å². The summed E-state index contributed by atoms with van der Waals surface area (Å²) in [6.45, 7) is 0.0987. The number of anilines is 1. The average Bonchev–Trinajstić information content (AvgIpc) is 2.45. The van der Waals surface area contributed by atoms with E-state index in [2.05, 4.69) is 17.2 Å². The molecular weight excluding hydrogens is 274 g/mol. The van der Waals surface area contributed by atoms with E-state index in [9.17, 15) is 13.6 Å². The zero-order chi connectivity index (χ0) is 15.2. The third kappa shape index (κ3) is 3.88. The Bertz CT molecular complexity index is 733. The minimum Gasteiger partial charge on any atom is -0.322 e. The summed E-state index contributed by atoms with van der Waals surface area (Å²) in [6, 6.07) is 9.13. The lowest BCUT2D eigenvalue weighted by atomic mass is 10.1. The van der Waals surface area contributed by atoms with Gasteiger partial charge in [0.25, 0.3) is 5.91 Å². The Labute approximate surface area is 120 Å². The van der Waals surface area contributed by atoms with E-state index < -0.39 is 17.5 Å². The Kier molecular flexibility index (Phi) is 4.64. The molecule has 21 heavy (non-hydrogen) atoms. The normalized spacial score (nSPS) is 9.67. The van der Waals surface area contributed by atoms with Crippen LogP contribution in [0.15, 0.2) is 42.5 Å². The zero-order valence-corrected chi connectivity index (χ0v) is 11.0. The number of nitrogens with one attached hydrogen (secondary N) is 1. The molecule has 2 rings (SSSR count). The van der Waals surface area contributed by atoms with Gasteiger partial charge >= 0.3 is 0 Å². The molecule has 0 saturated heterocycles. The van der Waals surface area contributed by atoms with Gasteiger partial charge in [0, 0.05) is 11.3 Å². The van der Waals surface area contributed by atoms with Crippen molar-refractivity contribution in [2.45, 2.75) is 0 Å². The van der Waals surface area contributed by atoms with Gasteiger partial charge in [-0.05, 0) is 36.4 Å². The molecule has 2 aromatic carbocycles. The molecule has 2 aromatic rings. The van der Waals surface area contributed by atoms with Crippen molar-refractivity contribution in [3.05, 3.63) is 65.2 Å². The standard InChI is InChI=1S/C16H12F2N2O/c17-12-4-1-5-14(10-12)20-16(21)15-7-6-13(18)9-11(15)3-2-8-19/h1,4-7,9-10H,8,19H2,(H,20,21). The summed E-state index contributed by atoms with van der Waals surface area (Å²) in [4.78, 5) is 12.2. The third-order valence-corrected chi connectivity index (χ3v) is 2.63. The number of amides is 1. The van der Waals surface area contributed by atoms with Crippen LogP contribution >= 0.6 is 0 Å². The highest BCUT2D eigenvalue weighted by Gasteiger charge is 2.11. The van der Waals surface area contributed by atoms with Gasteiger partial charge < -0.3 is 11.1 Å². The summed E-state index contributed by atoms with van der Waals surface area (Å²) in [6.07, 6.45) is 0. The van der Waals surface area contributed by atoms with Crippen molar-refractivity contribution in [2.75, 3.05) is 11.9 Å². The van der Waals surface area contributed by atoms with E-state index in [0.717, 1.165) is 12.1 Å². The van der Waals surface area contributed by atoms with Crippen molar-refractivity contribution in [3.8, 4) is 11.8 Å². The molecule has 0 aromatic heterocycles. The summed E-state index contributed by atoms with van der Waals surface area (Å²) >= 11 is 0. The van der Waals surface area contributed by atoms with Gasteiger partial charge in [-0.15, -0.1) is 0 Å². The Balaban J connectivity index is 2.30. The zero-order valence-electron chi connectivity index (χ0n) is 11.0. The number of halogens is 2. The number of carbonyl (C=O) groups is 1. The predicted octanol–water partition coefficient (Wildman–Crippen LogP) is 2.53. The fourth-order valence-corrected chi connectivity index (χ4v) is 1.73. The van der Waals surface area contributed by atoms with Gasteiger partial charge in [-0.1, -0.05) is 17.9 Å². The van der Waals surface area contributed by atoms with Crippen molar-refractivity contribution >= 4 is 11.6 Å². The maximum Gasteiger partial charge on any atom is 0.256 e. The van der Waals surface area contributed by atoms with Crippen molar-refractivity contribution < 1.29 is 13.6 Å². The molecular formula is C16H12F2N2O. The summed E-state index contributed by atoms with van der Waals surface area (Å²) in [7, 11) is 0. The molecule has 0 atom stereocenters. The number of carbonyl (C=O) groups excluding carboxylic acids is 1. The van der Waals surface area contributed by atoms with E-state index in [0.29, 0.717) is 5.69 Å². The number of benzene rings is 2. The Hall–Kier alpha value is -2.71. The second kappa shape index (κ2) is 6.64. The van der Waals surface area contributed by atoms with E-state index in [1.807, 2.05) is 0 Å². The lowest BCUT2D eigenvalue weighted by molar-refractivity contribution is 0.102. The Morgan fingerprint density at radius 2 is 1.90 bits per heavy atom. The monoisotopic (exact) mass is 286 g/mol. The van der Waals surface area contributed by atoms with Gasteiger partial charge in [-0.2, -0.15) is 0 Å². The molecule has 0 spiro atoms. The minimum absolute atomic E-state index is 0.0987. The fraction of sp³-hybridized carbons (Fsp3) is 0.0625. The van der Waals surface area contributed by atoms with Gasteiger partial charge in [-0.3, -0.25) is 4.79 Å². The first-order valence-electron chi connectivity index (χ1n) is 6.15. The minimum atomic E-state index is -0.501. The number of nitrogens with two attached hydrogens (primary N) is 1. The van der Waals surface area contributed by atoms with Crippen LogP contribution in [-0.2, 0) is 0 Å². The first-order chi connectivity index (χ1) is 10.1. The molecule has 0 aliphatic heterocycles.